The third-order valence-corrected chi connectivity index (χ3v) is 4.81. The molecule has 0 saturated heterocycles. The quantitative estimate of drug-likeness (QED) is 0.199. The van der Waals surface area contributed by atoms with Crippen molar-refractivity contribution >= 4 is 29.9 Å². The van der Waals surface area contributed by atoms with E-state index < -0.39 is 0 Å². The summed E-state index contributed by atoms with van der Waals surface area (Å²) in [4.78, 5) is 13.7. The Morgan fingerprint density at radius 1 is 1.09 bits per heavy atom. The second-order valence-electron chi connectivity index (χ2n) is 7.42. The molecule has 0 spiro atoms. The molecule has 3 aromatic heterocycles. The molecule has 2 N–H and O–H groups in total. The highest BCUT2D eigenvalue weighted by Gasteiger charge is 2.08. The van der Waals surface area contributed by atoms with Crippen LogP contribution in [0.1, 0.15) is 29.6 Å². The van der Waals surface area contributed by atoms with Crippen LogP contribution in [0.4, 0.5) is 0 Å². The van der Waals surface area contributed by atoms with E-state index in [1.807, 2.05) is 80.2 Å². The number of hydrogen-bond donors (Lipinski definition) is 2. The van der Waals surface area contributed by atoms with E-state index >= 15 is 0 Å². The number of oxazole rings is 1. The van der Waals surface area contributed by atoms with Gasteiger partial charge >= 0.3 is 0 Å². The van der Waals surface area contributed by atoms with E-state index in [0.717, 1.165) is 40.6 Å². The van der Waals surface area contributed by atoms with Crippen LogP contribution in [0.3, 0.4) is 0 Å². The third-order valence-electron chi connectivity index (χ3n) is 4.81. The molecule has 4 rings (SSSR count). The smallest absolute Gasteiger partial charge is 0.226 e. The number of aromatic nitrogens is 4. The minimum atomic E-state index is 0. The molecule has 4 aromatic rings. The van der Waals surface area contributed by atoms with E-state index in [1.54, 1.807) is 6.26 Å². The number of hydrogen-bond acceptors (Lipinski definition) is 5. The lowest BCUT2D eigenvalue weighted by Gasteiger charge is -2.10. The second kappa shape index (κ2) is 11.6. The molecule has 0 unspecified atom stereocenters. The largest absolute Gasteiger partial charge is 0.444 e. The molecule has 33 heavy (non-hydrogen) atoms. The Kier molecular flexibility index (Phi) is 8.58. The van der Waals surface area contributed by atoms with Crippen LogP contribution in [0.15, 0.2) is 70.4 Å². The fraction of sp³-hybridized carbons (Fsp3) is 0.250. The summed E-state index contributed by atoms with van der Waals surface area (Å²) in [5.74, 6) is 2.12. The van der Waals surface area contributed by atoms with Gasteiger partial charge in [-0.15, -0.1) is 24.0 Å². The van der Waals surface area contributed by atoms with Gasteiger partial charge in [0.1, 0.15) is 6.26 Å². The van der Waals surface area contributed by atoms with Crippen LogP contribution in [-0.2, 0) is 13.1 Å². The fourth-order valence-corrected chi connectivity index (χ4v) is 3.28. The van der Waals surface area contributed by atoms with Crippen molar-refractivity contribution in [1.82, 2.24) is 30.4 Å². The van der Waals surface area contributed by atoms with Gasteiger partial charge in [-0.2, -0.15) is 5.10 Å². The average Bonchev–Trinajstić information content (AvgIpc) is 3.42. The predicted octanol–water partition coefficient (Wildman–Crippen LogP) is 4.41. The molecule has 0 aliphatic carbocycles. The van der Waals surface area contributed by atoms with Crippen molar-refractivity contribution in [2.24, 2.45) is 4.99 Å². The van der Waals surface area contributed by atoms with Crippen molar-refractivity contribution in [2.75, 3.05) is 6.54 Å². The number of pyridine rings is 1. The Hall–Kier alpha value is -3.21. The van der Waals surface area contributed by atoms with E-state index in [4.69, 9.17) is 4.42 Å². The van der Waals surface area contributed by atoms with Crippen molar-refractivity contribution in [3.63, 3.8) is 0 Å². The standard InChI is InChI=1S/C24H27N7O.HI/c1-4-25-24(28-15-21-16-32-23(29-21)20-8-6-5-7-9-20)27-14-19-10-11-22(26-13-19)31-18(3)12-17(2)30-31;/h5-13,16H,4,14-15H2,1-3H3,(H2,25,27,28);1H. The Bertz CT molecular complexity index is 1180. The highest BCUT2D eigenvalue weighted by molar-refractivity contribution is 14.0. The van der Waals surface area contributed by atoms with Crippen LogP contribution >= 0.6 is 24.0 Å². The third kappa shape index (κ3) is 6.41. The van der Waals surface area contributed by atoms with Gasteiger partial charge in [-0.3, -0.25) is 0 Å². The molecule has 0 amide bonds. The maximum atomic E-state index is 5.60. The zero-order valence-corrected chi connectivity index (χ0v) is 21.3. The molecule has 0 atom stereocenters. The van der Waals surface area contributed by atoms with Crippen LogP contribution in [0.25, 0.3) is 17.3 Å². The van der Waals surface area contributed by atoms with Gasteiger partial charge in [0.05, 0.1) is 24.5 Å². The van der Waals surface area contributed by atoms with Crippen LogP contribution in [0, 0.1) is 13.8 Å². The van der Waals surface area contributed by atoms with Crippen LogP contribution in [0.5, 0.6) is 0 Å². The fourth-order valence-electron chi connectivity index (χ4n) is 3.28. The first kappa shape index (κ1) is 24.4. The number of aryl methyl sites for hydroxylation is 2. The zero-order valence-electron chi connectivity index (χ0n) is 18.9. The van der Waals surface area contributed by atoms with E-state index in [1.165, 1.54) is 0 Å². The van der Waals surface area contributed by atoms with Gasteiger partial charge in [0.2, 0.25) is 5.89 Å². The van der Waals surface area contributed by atoms with E-state index in [2.05, 4.69) is 30.7 Å². The first-order valence-electron chi connectivity index (χ1n) is 10.6. The number of rotatable bonds is 7. The second-order valence-corrected chi connectivity index (χ2v) is 7.42. The van der Waals surface area contributed by atoms with Gasteiger partial charge in [-0.1, -0.05) is 24.3 Å². The number of halogens is 1. The minimum Gasteiger partial charge on any atom is -0.444 e. The number of nitrogens with one attached hydrogen (secondary N) is 2. The molecule has 0 bridgehead atoms. The molecule has 0 aliphatic heterocycles. The normalized spacial score (nSPS) is 11.2. The number of benzene rings is 1. The Morgan fingerprint density at radius 2 is 1.91 bits per heavy atom. The molecule has 0 radical (unpaired) electrons. The lowest BCUT2D eigenvalue weighted by atomic mass is 10.2. The molecular weight excluding hydrogens is 529 g/mol. The van der Waals surface area contributed by atoms with Gasteiger partial charge in [0.25, 0.3) is 0 Å². The summed E-state index contributed by atoms with van der Waals surface area (Å²) in [5.41, 5.74) is 4.81. The molecule has 172 valence electrons. The Morgan fingerprint density at radius 3 is 2.58 bits per heavy atom. The predicted molar refractivity (Wildman–Crippen MR) is 140 cm³/mol. The highest BCUT2D eigenvalue weighted by atomic mass is 127. The number of aliphatic imine (C=N–C) groups is 1. The van der Waals surface area contributed by atoms with E-state index in [9.17, 15) is 0 Å². The lowest BCUT2D eigenvalue weighted by Crippen LogP contribution is -2.36. The van der Waals surface area contributed by atoms with E-state index in [-0.39, 0.29) is 24.0 Å². The minimum absolute atomic E-state index is 0. The van der Waals surface area contributed by atoms with Gasteiger partial charge in [-0.05, 0) is 50.6 Å². The van der Waals surface area contributed by atoms with Crippen LogP contribution < -0.4 is 10.6 Å². The summed E-state index contributed by atoms with van der Waals surface area (Å²) in [6.45, 7) is 7.81. The summed E-state index contributed by atoms with van der Waals surface area (Å²) >= 11 is 0. The van der Waals surface area contributed by atoms with Crippen molar-refractivity contribution in [1.29, 1.82) is 0 Å². The maximum Gasteiger partial charge on any atom is 0.226 e. The first-order chi connectivity index (χ1) is 15.6. The van der Waals surface area contributed by atoms with Crippen molar-refractivity contribution < 1.29 is 4.42 Å². The van der Waals surface area contributed by atoms with Gasteiger partial charge < -0.3 is 15.1 Å². The van der Waals surface area contributed by atoms with Gasteiger partial charge in [0.15, 0.2) is 11.8 Å². The molecule has 1 aromatic carbocycles. The molecule has 8 nitrogen and oxygen atoms in total. The van der Waals surface area contributed by atoms with Crippen LogP contribution in [0.2, 0.25) is 0 Å². The van der Waals surface area contributed by atoms with Crippen molar-refractivity contribution in [2.45, 2.75) is 33.9 Å². The molecule has 0 saturated carbocycles. The first-order valence-corrected chi connectivity index (χ1v) is 10.6. The van der Waals surface area contributed by atoms with Gasteiger partial charge in [-0.25, -0.2) is 19.6 Å². The monoisotopic (exact) mass is 557 g/mol. The molecular formula is C24H28IN7O. The topological polar surface area (TPSA) is 93.2 Å². The summed E-state index contributed by atoms with van der Waals surface area (Å²) in [6, 6.07) is 15.9. The number of guanidine groups is 1. The summed E-state index contributed by atoms with van der Waals surface area (Å²) in [5, 5.41) is 11.0. The van der Waals surface area contributed by atoms with Crippen molar-refractivity contribution in [3.05, 3.63) is 83.6 Å². The average molecular weight is 557 g/mol. The molecule has 3 heterocycles. The molecule has 9 heteroatoms. The lowest BCUT2D eigenvalue weighted by molar-refractivity contribution is 0.572. The summed E-state index contributed by atoms with van der Waals surface area (Å²) in [7, 11) is 0. The summed E-state index contributed by atoms with van der Waals surface area (Å²) < 4.78 is 7.45. The summed E-state index contributed by atoms with van der Waals surface area (Å²) in [6.07, 6.45) is 3.50. The Labute approximate surface area is 210 Å². The highest BCUT2D eigenvalue weighted by Crippen LogP contribution is 2.17. The number of nitrogens with zero attached hydrogens (tertiary/aromatic N) is 5. The molecule has 0 aliphatic rings. The van der Waals surface area contributed by atoms with Gasteiger partial charge in [0, 0.05) is 24.0 Å². The van der Waals surface area contributed by atoms with E-state index in [0.29, 0.717) is 24.9 Å². The van der Waals surface area contributed by atoms with Crippen molar-refractivity contribution in [3.8, 4) is 17.3 Å². The SMILES string of the molecule is CCNC(=NCc1ccc(-n2nc(C)cc2C)nc1)NCc1coc(-c2ccccc2)n1.I. The zero-order chi connectivity index (χ0) is 22.3. The molecule has 0 fully saturated rings. The van der Waals surface area contributed by atoms with Crippen LogP contribution in [-0.4, -0.2) is 32.3 Å². The Balaban J connectivity index is 0.00000306. The maximum absolute atomic E-state index is 5.60.